The zero-order valence-corrected chi connectivity index (χ0v) is 7.75. The van der Waals surface area contributed by atoms with Crippen molar-refractivity contribution >= 4 is 5.69 Å². The van der Waals surface area contributed by atoms with E-state index >= 15 is 0 Å². The fourth-order valence-corrected chi connectivity index (χ4v) is 1.28. The SMILES string of the molecule is [CH2-][C@H]1C[N-]c2ccccc21.[Li+].[Li+]. The van der Waals surface area contributed by atoms with Crippen molar-refractivity contribution < 1.29 is 37.7 Å². The molecule has 0 unspecified atom stereocenters. The van der Waals surface area contributed by atoms with Gasteiger partial charge >= 0.3 is 37.7 Å². The molecule has 0 aromatic heterocycles. The predicted molar refractivity (Wildman–Crippen MR) is 42.4 cm³/mol. The second kappa shape index (κ2) is 5.05. The van der Waals surface area contributed by atoms with Crippen LogP contribution in [0.25, 0.3) is 5.32 Å². The Hall–Kier alpha value is 0.215. The summed E-state index contributed by atoms with van der Waals surface area (Å²) in [6.45, 7) is 4.85. The quantitative estimate of drug-likeness (QED) is 0.267. The van der Waals surface area contributed by atoms with Crippen molar-refractivity contribution in [3.8, 4) is 0 Å². The fourth-order valence-electron chi connectivity index (χ4n) is 1.28. The Morgan fingerprint density at radius 2 is 1.92 bits per heavy atom. The Morgan fingerprint density at radius 3 is 2.58 bits per heavy atom. The smallest absolute Gasteiger partial charge is 0.686 e. The van der Waals surface area contributed by atoms with E-state index in [0.29, 0.717) is 5.92 Å². The van der Waals surface area contributed by atoms with Crippen molar-refractivity contribution in [3.63, 3.8) is 0 Å². The van der Waals surface area contributed by atoms with E-state index in [0.717, 1.165) is 12.2 Å². The third-order valence-corrected chi connectivity index (χ3v) is 1.86. The summed E-state index contributed by atoms with van der Waals surface area (Å²) in [5, 5.41) is 4.32. The maximum absolute atomic E-state index is 4.32. The van der Waals surface area contributed by atoms with Gasteiger partial charge in [0, 0.05) is 0 Å². The standard InChI is InChI=1S/C9H9N.2Li/c1-7-6-10-9-5-3-2-4-8(7)9;;/h2-5,7H,1,6H2;;/q-2;2*+1/t7-;;/m0../s1. The summed E-state index contributed by atoms with van der Waals surface area (Å²) in [6, 6.07) is 8.20. The maximum atomic E-state index is 4.32. The average Bonchev–Trinajstić information content (AvgIpc) is 2.34. The molecule has 0 spiro atoms. The minimum absolute atomic E-state index is 0. The van der Waals surface area contributed by atoms with Crippen molar-refractivity contribution in [2.45, 2.75) is 5.92 Å². The van der Waals surface area contributed by atoms with E-state index in [-0.39, 0.29) is 37.7 Å². The summed E-state index contributed by atoms with van der Waals surface area (Å²) in [7, 11) is 0. The first kappa shape index (κ1) is 12.2. The van der Waals surface area contributed by atoms with Gasteiger partial charge in [0.1, 0.15) is 0 Å². The summed E-state index contributed by atoms with van der Waals surface area (Å²) in [5.41, 5.74) is 2.42. The molecule has 0 saturated heterocycles. The molecule has 0 saturated carbocycles. The number of hydrogen-bond acceptors (Lipinski definition) is 0. The molecule has 2 rings (SSSR count). The molecule has 0 fully saturated rings. The van der Waals surface area contributed by atoms with Crippen LogP contribution in [0.5, 0.6) is 0 Å². The molecular formula is C9H9Li2N. The zero-order chi connectivity index (χ0) is 6.97. The number of hydrogen-bond donors (Lipinski definition) is 0. The van der Waals surface area contributed by atoms with E-state index in [1.54, 1.807) is 0 Å². The molecule has 1 heterocycles. The van der Waals surface area contributed by atoms with Crippen LogP contribution < -0.4 is 37.7 Å². The minimum Gasteiger partial charge on any atom is -0.686 e. The summed E-state index contributed by atoms with van der Waals surface area (Å²) in [4.78, 5) is 0. The predicted octanol–water partition coefficient (Wildman–Crippen LogP) is -3.37. The van der Waals surface area contributed by atoms with Gasteiger partial charge in [-0.05, 0) is 0 Å². The second-order valence-corrected chi connectivity index (χ2v) is 2.60. The molecular weight excluding hydrogens is 136 g/mol. The summed E-state index contributed by atoms with van der Waals surface area (Å²) in [6.07, 6.45) is 0. The molecule has 1 aromatic rings. The van der Waals surface area contributed by atoms with E-state index in [9.17, 15) is 0 Å². The van der Waals surface area contributed by atoms with E-state index in [2.05, 4.69) is 18.3 Å². The summed E-state index contributed by atoms with van der Waals surface area (Å²) >= 11 is 0. The molecule has 3 heteroatoms. The zero-order valence-electron chi connectivity index (χ0n) is 7.75. The topological polar surface area (TPSA) is 14.1 Å². The van der Waals surface area contributed by atoms with Gasteiger partial charge in [0.05, 0.1) is 0 Å². The van der Waals surface area contributed by atoms with Gasteiger partial charge in [-0.2, -0.15) is 12.5 Å². The first-order chi connectivity index (χ1) is 4.88. The molecule has 0 radical (unpaired) electrons. The van der Waals surface area contributed by atoms with Gasteiger partial charge in [-0.1, -0.05) is 29.8 Å². The molecule has 0 amide bonds. The van der Waals surface area contributed by atoms with Crippen LogP contribution in [0.2, 0.25) is 0 Å². The molecule has 0 N–H and O–H groups in total. The van der Waals surface area contributed by atoms with Crippen LogP contribution in [-0.2, 0) is 0 Å². The fraction of sp³-hybridized carbons (Fsp3) is 0.222. The van der Waals surface area contributed by atoms with Gasteiger partial charge in [0.15, 0.2) is 0 Å². The van der Waals surface area contributed by atoms with Gasteiger partial charge < -0.3 is 12.2 Å². The van der Waals surface area contributed by atoms with Crippen molar-refractivity contribution in [1.82, 2.24) is 0 Å². The van der Waals surface area contributed by atoms with E-state index in [4.69, 9.17) is 0 Å². The van der Waals surface area contributed by atoms with E-state index in [1.807, 2.05) is 18.2 Å². The third kappa shape index (κ3) is 2.12. The molecule has 12 heavy (non-hydrogen) atoms. The second-order valence-electron chi connectivity index (χ2n) is 2.60. The van der Waals surface area contributed by atoms with Crippen LogP contribution in [0, 0.1) is 6.92 Å². The van der Waals surface area contributed by atoms with Crippen LogP contribution in [0.15, 0.2) is 24.3 Å². The molecule has 0 bridgehead atoms. The van der Waals surface area contributed by atoms with Crippen molar-refractivity contribution in [3.05, 3.63) is 42.1 Å². The molecule has 1 aliphatic heterocycles. The van der Waals surface area contributed by atoms with Gasteiger partial charge in [-0.3, -0.25) is 0 Å². The number of nitrogens with zero attached hydrogens (tertiary/aromatic N) is 1. The van der Waals surface area contributed by atoms with Crippen molar-refractivity contribution in [1.29, 1.82) is 0 Å². The Labute approximate surface area is 97.7 Å². The monoisotopic (exact) mass is 145 g/mol. The summed E-state index contributed by atoms with van der Waals surface area (Å²) < 4.78 is 0. The van der Waals surface area contributed by atoms with E-state index in [1.165, 1.54) is 5.56 Å². The summed E-state index contributed by atoms with van der Waals surface area (Å²) in [5.74, 6) is 0.385. The van der Waals surface area contributed by atoms with Gasteiger partial charge in [0.2, 0.25) is 0 Å². The number of para-hydroxylation sites is 1. The first-order valence-electron chi connectivity index (χ1n) is 3.47. The Bertz CT molecular complexity index is 250. The Kier molecular flexibility index (Phi) is 5.15. The minimum atomic E-state index is 0. The normalized spacial score (nSPS) is 18.2. The van der Waals surface area contributed by atoms with Gasteiger partial charge in [0.25, 0.3) is 0 Å². The molecule has 0 aliphatic carbocycles. The van der Waals surface area contributed by atoms with Crippen LogP contribution in [0.3, 0.4) is 0 Å². The number of fused-ring (bicyclic) bond motifs is 1. The van der Waals surface area contributed by atoms with Crippen molar-refractivity contribution in [2.24, 2.45) is 0 Å². The van der Waals surface area contributed by atoms with Crippen LogP contribution in [-0.4, -0.2) is 6.54 Å². The van der Waals surface area contributed by atoms with Crippen LogP contribution in [0.1, 0.15) is 11.5 Å². The average molecular weight is 145 g/mol. The maximum Gasteiger partial charge on any atom is 1.00 e. The van der Waals surface area contributed by atoms with Crippen LogP contribution in [0.4, 0.5) is 5.69 Å². The molecule has 1 aliphatic rings. The third-order valence-electron chi connectivity index (χ3n) is 1.86. The number of benzene rings is 1. The largest absolute Gasteiger partial charge is 1.00 e. The Balaban J connectivity index is 0.000000605. The molecule has 1 aromatic carbocycles. The molecule has 52 valence electrons. The Morgan fingerprint density at radius 1 is 1.25 bits per heavy atom. The van der Waals surface area contributed by atoms with Crippen molar-refractivity contribution in [2.75, 3.05) is 6.54 Å². The van der Waals surface area contributed by atoms with Gasteiger partial charge in [-0.15, -0.1) is 5.69 Å². The van der Waals surface area contributed by atoms with E-state index < -0.39 is 0 Å². The van der Waals surface area contributed by atoms with Crippen LogP contribution >= 0.6 is 0 Å². The molecule has 1 nitrogen and oxygen atoms in total. The molecule has 1 atom stereocenters. The van der Waals surface area contributed by atoms with Gasteiger partial charge in [-0.25, -0.2) is 0 Å². The number of rotatable bonds is 0. The first-order valence-corrected chi connectivity index (χ1v) is 3.47.